The number of nitrogens with one attached hydrogen (secondary N) is 1. The first-order valence-electron chi connectivity index (χ1n) is 6.85. The highest BCUT2D eigenvalue weighted by Crippen LogP contribution is 2.40. The average molecular weight is 278 g/mol. The molecule has 1 aliphatic rings. The zero-order chi connectivity index (χ0) is 14.9. The first-order chi connectivity index (χ1) is 9.27. The summed E-state index contributed by atoms with van der Waals surface area (Å²) in [6.45, 7) is 7.75. The lowest BCUT2D eigenvalue weighted by atomic mass is 10.0. The van der Waals surface area contributed by atoms with E-state index in [1.165, 1.54) is 0 Å². The summed E-state index contributed by atoms with van der Waals surface area (Å²) < 4.78 is 11.2. The Kier molecular flexibility index (Phi) is 3.90. The molecule has 0 aromatic heterocycles. The van der Waals surface area contributed by atoms with Gasteiger partial charge in [0.1, 0.15) is 0 Å². The fourth-order valence-electron chi connectivity index (χ4n) is 2.15. The molecule has 0 aliphatic carbocycles. The molecule has 0 unspecified atom stereocenters. The maximum Gasteiger partial charge on any atom is 0.246 e. The smallest absolute Gasteiger partial charge is 0.246 e. The van der Waals surface area contributed by atoms with E-state index in [9.17, 15) is 4.79 Å². The number of benzene rings is 1. The lowest BCUT2D eigenvalue weighted by Crippen LogP contribution is -2.36. The molecule has 3 N–H and O–H groups in total. The van der Waals surface area contributed by atoms with Crippen LogP contribution in [0.2, 0.25) is 0 Å². The van der Waals surface area contributed by atoms with E-state index in [1.807, 2.05) is 27.7 Å². The maximum absolute atomic E-state index is 12.0. The van der Waals surface area contributed by atoms with Crippen LogP contribution in [-0.4, -0.2) is 17.7 Å². The molecule has 1 aliphatic heterocycles. The van der Waals surface area contributed by atoms with E-state index in [1.54, 1.807) is 18.2 Å². The number of anilines is 1. The number of ether oxygens (including phenoxy) is 2. The molecule has 1 amide bonds. The van der Waals surface area contributed by atoms with Crippen molar-refractivity contribution in [1.29, 1.82) is 0 Å². The Morgan fingerprint density at radius 1 is 1.30 bits per heavy atom. The lowest BCUT2D eigenvalue weighted by Gasteiger charge is -2.16. The minimum atomic E-state index is -0.668. The minimum absolute atomic E-state index is 0.183. The molecule has 1 heterocycles. The van der Waals surface area contributed by atoms with Gasteiger partial charge in [-0.3, -0.25) is 4.79 Å². The van der Waals surface area contributed by atoms with Crippen molar-refractivity contribution in [3.63, 3.8) is 0 Å². The van der Waals surface area contributed by atoms with Crippen LogP contribution < -0.4 is 20.5 Å². The van der Waals surface area contributed by atoms with Crippen molar-refractivity contribution in [3.8, 4) is 11.5 Å². The zero-order valence-corrected chi connectivity index (χ0v) is 12.4. The average Bonchev–Trinajstić information content (AvgIpc) is 2.61. The molecule has 0 saturated carbocycles. The monoisotopic (exact) mass is 278 g/mol. The molecular formula is C15H22N2O3. The third kappa shape index (κ3) is 3.42. The van der Waals surface area contributed by atoms with Gasteiger partial charge in [0.15, 0.2) is 11.5 Å². The summed E-state index contributed by atoms with van der Waals surface area (Å²) in [7, 11) is 0. The first kappa shape index (κ1) is 14.7. The molecule has 5 nitrogen and oxygen atoms in total. The van der Waals surface area contributed by atoms with E-state index in [0.29, 0.717) is 29.5 Å². The molecule has 0 radical (unpaired) electrons. The van der Waals surface area contributed by atoms with E-state index in [2.05, 4.69) is 5.32 Å². The SMILES string of the molecule is CC(C)C[C@H](N)C(=O)Nc1ccc2c(c1)OC(C)(C)O2. The number of fused-ring (bicyclic) bond motifs is 1. The number of rotatable bonds is 4. The van der Waals surface area contributed by atoms with E-state index in [-0.39, 0.29) is 5.91 Å². The quantitative estimate of drug-likeness (QED) is 0.887. The van der Waals surface area contributed by atoms with Gasteiger partial charge in [-0.15, -0.1) is 0 Å². The Hall–Kier alpha value is -1.75. The Balaban J connectivity index is 2.04. The first-order valence-corrected chi connectivity index (χ1v) is 6.85. The van der Waals surface area contributed by atoms with Gasteiger partial charge < -0.3 is 20.5 Å². The summed E-state index contributed by atoms with van der Waals surface area (Å²) in [5, 5.41) is 2.80. The molecule has 1 atom stereocenters. The van der Waals surface area contributed by atoms with Crippen LogP contribution in [0.4, 0.5) is 5.69 Å². The number of hydrogen-bond acceptors (Lipinski definition) is 4. The molecule has 1 aromatic rings. The van der Waals surface area contributed by atoms with Gasteiger partial charge in [0, 0.05) is 25.6 Å². The molecule has 2 rings (SSSR count). The third-order valence-corrected chi connectivity index (χ3v) is 2.98. The minimum Gasteiger partial charge on any atom is -0.449 e. The largest absolute Gasteiger partial charge is 0.449 e. The summed E-state index contributed by atoms with van der Waals surface area (Å²) in [4.78, 5) is 12.0. The van der Waals surface area contributed by atoms with Gasteiger partial charge in [-0.05, 0) is 24.5 Å². The number of carbonyl (C=O) groups is 1. The van der Waals surface area contributed by atoms with Gasteiger partial charge >= 0.3 is 0 Å². The van der Waals surface area contributed by atoms with E-state index in [4.69, 9.17) is 15.2 Å². The van der Waals surface area contributed by atoms with Crippen molar-refractivity contribution in [2.45, 2.75) is 45.9 Å². The second-order valence-corrected chi connectivity index (χ2v) is 5.99. The Bertz CT molecular complexity index is 512. The highest BCUT2D eigenvalue weighted by molar-refractivity contribution is 5.95. The predicted molar refractivity (Wildman–Crippen MR) is 77.8 cm³/mol. The van der Waals surface area contributed by atoms with Gasteiger partial charge in [0.05, 0.1) is 6.04 Å². The van der Waals surface area contributed by atoms with Crippen LogP contribution in [0.25, 0.3) is 0 Å². The van der Waals surface area contributed by atoms with Gasteiger partial charge in [0.25, 0.3) is 0 Å². The second-order valence-electron chi connectivity index (χ2n) is 5.99. The number of carbonyl (C=O) groups excluding carboxylic acids is 1. The van der Waals surface area contributed by atoms with E-state index >= 15 is 0 Å². The molecule has 0 spiro atoms. The van der Waals surface area contributed by atoms with Crippen LogP contribution in [0.15, 0.2) is 18.2 Å². The van der Waals surface area contributed by atoms with Crippen LogP contribution >= 0.6 is 0 Å². The van der Waals surface area contributed by atoms with Crippen molar-refractivity contribution in [2.75, 3.05) is 5.32 Å². The summed E-state index contributed by atoms with van der Waals surface area (Å²) in [6, 6.07) is 4.82. The van der Waals surface area contributed by atoms with Crippen molar-refractivity contribution >= 4 is 11.6 Å². The normalized spacial score (nSPS) is 17.1. The Morgan fingerprint density at radius 2 is 1.95 bits per heavy atom. The van der Waals surface area contributed by atoms with Crippen molar-refractivity contribution in [2.24, 2.45) is 11.7 Å². The molecule has 0 saturated heterocycles. The summed E-state index contributed by atoms with van der Waals surface area (Å²) in [5.41, 5.74) is 6.52. The molecule has 5 heteroatoms. The molecular weight excluding hydrogens is 256 g/mol. The van der Waals surface area contributed by atoms with Gasteiger partial charge in [0.2, 0.25) is 11.7 Å². The Morgan fingerprint density at radius 3 is 2.60 bits per heavy atom. The number of hydrogen-bond donors (Lipinski definition) is 2. The third-order valence-electron chi connectivity index (χ3n) is 2.98. The zero-order valence-electron chi connectivity index (χ0n) is 12.4. The topological polar surface area (TPSA) is 73.6 Å². The summed E-state index contributed by atoms with van der Waals surface area (Å²) >= 11 is 0. The van der Waals surface area contributed by atoms with Crippen molar-refractivity contribution < 1.29 is 14.3 Å². The maximum atomic E-state index is 12.0. The van der Waals surface area contributed by atoms with Gasteiger partial charge in [-0.1, -0.05) is 13.8 Å². The molecule has 110 valence electrons. The van der Waals surface area contributed by atoms with Gasteiger partial charge in [-0.25, -0.2) is 0 Å². The number of amides is 1. The van der Waals surface area contributed by atoms with Crippen LogP contribution in [0.5, 0.6) is 11.5 Å². The van der Waals surface area contributed by atoms with Crippen LogP contribution in [0.1, 0.15) is 34.1 Å². The fraction of sp³-hybridized carbons (Fsp3) is 0.533. The summed E-state index contributed by atoms with van der Waals surface area (Å²) in [6.07, 6.45) is 0.656. The van der Waals surface area contributed by atoms with E-state index in [0.717, 1.165) is 0 Å². The van der Waals surface area contributed by atoms with Crippen LogP contribution in [0, 0.1) is 5.92 Å². The van der Waals surface area contributed by atoms with Crippen LogP contribution in [0.3, 0.4) is 0 Å². The second kappa shape index (κ2) is 5.32. The van der Waals surface area contributed by atoms with Gasteiger partial charge in [-0.2, -0.15) is 0 Å². The highest BCUT2D eigenvalue weighted by Gasteiger charge is 2.31. The van der Waals surface area contributed by atoms with Crippen molar-refractivity contribution in [1.82, 2.24) is 0 Å². The highest BCUT2D eigenvalue weighted by atomic mass is 16.7. The number of nitrogens with two attached hydrogens (primary N) is 1. The summed E-state index contributed by atoms with van der Waals surface area (Å²) in [5.74, 6) is 0.841. The lowest BCUT2D eigenvalue weighted by molar-refractivity contribution is -0.117. The van der Waals surface area contributed by atoms with Crippen LogP contribution in [-0.2, 0) is 4.79 Å². The molecule has 0 fully saturated rings. The standard InChI is InChI=1S/C15H22N2O3/c1-9(2)7-11(16)14(18)17-10-5-6-12-13(8-10)20-15(3,4)19-12/h5-6,8-9,11H,7,16H2,1-4H3,(H,17,18)/t11-/m0/s1. The van der Waals surface area contributed by atoms with E-state index < -0.39 is 11.8 Å². The molecule has 20 heavy (non-hydrogen) atoms. The predicted octanol–water partition coefficient (Wildman–Crippen LogP) is 2.51. The molecule has 0 bridgehead atoms. The Labute approximate surface area is 119 Å². The fourth-order valence-corrected chi connectivity index (χ4v) is 2.15. The van der Waals surface area contributed by atoms with Crippen molar-refractivity contribution in [3.05, 3.63) is 18.2 Å². The molecule has 1 aromatic carbocycles.